The maximum Gasteiger partial charge on any atom is 0.410 e. The highest BCUT2D eigenvalue weighted by molar-refractivity contribution is 7.89. The van der Waals surface area contributed by atoms with Crippen molar-refractivity contribution in [2.75, 3.05) is 13.1 Å². The molecule has 0 aromatic heterocycles. The Hall–Kier alpha value is -4.95. The molecule has 13 nitrogen and oxygen atoms in total. The maximum atomic E-state index is 13.7. The van der Waals surface area contributed by atoms with Crippen molar-refractivity contribution in [3.05, 3.63) is 95.6 Å². The van der Waals surface area contributed by atoms with E-state index in [0.717, 1.165) is 5.56 Å². The van der Waals surface area contributed by atoms with E-state index in [9.17, 15) is 32.7 Å². The summed E-state index contributed by atoms with van der Waals surface area (Å²) in [7, 11) is -4.06. The fourth-order valence-corrected chi connectivity index (χ4v) is 6.35. The second-order valence-electron chi connectivity index (χ2n) is 11.1. The molecule has 1 unspecified atom stereocenters. The quantitative estimate of drug-likeness (QED) is 0.182. The van der Waals surface area contributed by atoms with Crippen molar-refractivity contribution in [2.24, 2.45) is 11.7 Å². The van der Waals surface area contributed by atoms with Crippen LogP contribution in [-0.4, -0.2) is 67.2 Å². The monoisotopic (exact) mass is 653 g/mol. The lowest BCUT2D eigenvalue weighted by molar-refractivity contribution is -0.169. The first kappa shape index (κ1) is 33.9. The molecule has 3 aromatic carbocycles. The third kappa shape index (κ3) is 8.00. The topological polar surface area (TPSA) is 192 Å². The van der Waals surface area contributed by atoms with E-state index in [1.807, 2.05) is 30.3 Å². The number of amides is 2. The number of esters is 1. The van der Waals surface area contributed by atoms with E-state index >= 15 is 0 Å². The standard InChI is InChI=1S/C32H35N3O10S/c1-20(2)30(39)43-21(3)44-31(40)34-27(29(37)38)16-22-9-7-14-26(15-22)46(41,42)35-18-32(19-35,24-11-5-4-6-12-24)45-25-13-8-10-23(17-25)28(33)36/h4-15,17,20-21,27H,16,18-19H2,1-3H3,(H2,33,36)(H,34,40)(H,37,38)/t21?,27-/m0/s1. The SMILES string of the molecule is CC(OC(=O)N[C@@H](Cc1cccc(S(=O)(=O)N2CC(Oc3cccc(C(N)=O)c3)(c3ccccc3)C2)c1)C(=O)O)OC(=O)C(C)C. The third-order valence-electron chi connectivity index (χ3n) is 7.19. The Balaban J connectivity index is 1.48. The first-order valence-corrected chi connectivity index (χ1v) is 15.8. The number of aliphatic carboxylic acids is 1. The summed E-state index contributed by atoms with van der Waals surface area (Å²) in [5.41, 5.74) is 5.66. The van der Waals surface area contributed by atoms with Crippen LogP contribution in [0.1, 0.15) is 42.3 Å². The molecule has 2 amide bonds. The van der Waals surface area contributed by atoms with Crippen molar-refractivity contribution in [3.63, 3.8) is 0 Å². The van der Waals surface area contributed by atoms with Crippen LogP contribution in [0.2, 0.25) is 0 Å². The van der Waals surface area contributed by atoms with Gasteiger partial charge < -0.3 is 30.4 Å². The maximum absolute atomic E-state index is 13.7. The van der Waals surface area contributed by atoms with Gasteiger partial charge in [0.25, 0.3) is 0 Å². The Morgan fingerprint density at radius 1 is 0.935 bits per heavy atom. The minimum absolute atomic E-state index is 0.0465. The van der Waals surface area contributed by atoms with E-state index in [2.05, 4.69) is 5.32 Å². The molecule has 0 radical (unpaired) electrons. The number of ether oxygens (including phenoxy) is 3. The molecule has 0 aliphatic carbocycles. The number of benzene rings is 3. The summed E-state index contributed by atoms with van der Waals surface area (Å²) in [6.45, 7) is 4.43. The van der Waals surface area contributed by atoms with Gasteiger partial charge in [-0.15, -0.1) is 0 Å². The molecule has 1 aliphatic heterocycles. The average molecular weight is 654 g/mol. The molecular formula is C32H35N3O10S. The molecule has 2 atom stereocenters. The van der Waals surface area contributed by atoms with Gasteiger partial charge in [0.05, 0.1) is 23.9 Å². The molecule has 4 rings (SSSR count). The zero-order valence-electron chi connectivity index (χ0n) is 25.4. The molecule has 1 heterocycles. The van der Waals surface area contributed by atoms with E-state index in [1.165, 1.54) is 41.6 Å². The lowest BCUT2D eigenvalue weighted by Gasteiger charge is -2.49. The number of hydrogen-bond acceptors (Lipinski definition) is 9. The Bertz CT molecular complexity index is 1710. The van der Waals surface area contributed by atoms with Crippen LogP contribution in [0, 0.1) is 5.92 Å². The van der Waals surface area contributed by atoms with Gasteiger partial charge in [0.15, 0.2) is 5.60 Å². The van der Waals surface area contributed by atoms with E-state index in [0.29, 0.717) is 11.3 Å². The van der Waals surface area contributed by atoms with Crippen molar-refractivity contribution in [1.29, 1.82) is 0 Å². The molecule has 0 saturated carbocycles. The van der Waals surface area contributed by atoms with Crippen LogP contribution in [0.4, 0.5) is 4.79 Å². The third-order valence-corrected chi connectivity index (χ3v) is 8.98. The largest absolute Gasteiger partial charge is 0.480 e. The lowest BCUT2D eigenvalue weighted by Crippen LogP contribution is -2.64. The second kappa shape index (κ2) is 14.0. The normalized spacial score (nSPS) is 15.6. The summed E-state index contributed by atoms with van der Waals surface area (Å²) >= 11 is 0. The number of carbonyl (C=O) groups excluding carboxylic acids is 3. The Morgan fingerprint density at radius 3 is 2.24 bits per heavy atom. The molecular weight excluding hydrogens is 618 g/mol. The predicted octanol–water partition coefficient (Wildman–Crippen LogP) is 3.03. The van der Waals surface area contributed by atoms with Gasteiger partial charge >= 0.3 is 18.0 Å². The molecule has 4 N–H and O–H groups in total. The molecule has 1 aliphatic rings. The minimum Gasteiger partial charge on any atom is -0.480 e. The van der Waals surface area contributed by atoms with E-state index in [1.54, 1.807) is 32.0 Å². The number of alkyl carbamates (subject to hydrolysis) is 1. The number of nitrogens with two attached hydrogens (primary N) is 1. The summed E-state index contributed by atoms with van der Waals surface area (Å²) in [4.78, 5) is 47.6. The zero-order valence-corrected chi connectivity index (χ0v) is 26.2. The van der Waals surface area contributed by atoms with Gasteiger partial charge in [-0.3, -0.25) is 9.59 Å². The smallest absolute Gasteiger partial charge is 0.410 e. The average Bonchev–Trinajstić information content (AvgIpc) is 2.98. The van der Waals surface area contributed by atoms with Crippen molar-refractivity contribution in [1.82, 2.24) is 9.62 Å². The van der Waals surface area contributed by atoms with Crippen LogP contribution < -0.4 is 15.8 Å². The van der Waals surface area contributed by atoms with Crippen LogP contribution >= 0.6 is 0 Å². The highest BCUT2D eigenvalue weighted by Crippen LogP contribution is 2.40. The van der Waals surface area contributed by atoms with Gasteiger partial charge in [0, 0.05) is 18.9 Å². The van der Waals surface area contributed by atoms with Crippen molar-refractivity contribution in [2.45, 2.75) is 50.0 Å². The molecule has 244 valence electrons. The Labute approximate surface area is 266 Å². The van der Waals surface area contributed by atoms with Crippen molar-refractivity contribution < 1.29 is 46.9 Å². The van der Waals surface area contributed by atoms with Gasteiger partial charge in [0.1, 0.15) is 11.8 Å². The number of primary amides is 1. The first-order valence-electron chi connectivity index (χ1n) is 14.3. The van der Waals surface area contributed by atoms with Gasteiger partial charge in [-0.1, -0.05) is 62.4 Å². The van der Waals surface area contributed by atoms with E-state index < -0.39 is 57.8 Å². The fourth-order valence-electron chi connectivity index (χ4n) is 4.75. The Morgan fingerprint density at radius 2 is 1.61 bits per heavy atom. The highest BCUT2D eigenvalue weighted by Gasteiger charge is 2.52. The number of carbonyl (C=O) groups is 4. The predicted molar refractivity (Wildman–Crippen MR) is 164 cm³/mol. The lowest BCUT2D eigenvalue weighted by atomic mass is 9.87. The molecule has 46 heavy (non-hydrogen) atoms. The summed E-state index contributed by atoms with van der Waals surface area (Å²) in [5, 5.41) is 11.9. The van der Waals surface area contributed by atoms with Crippen molar-refractivity contribution >= 4 is 34.0 Å². The highest BCUT2D eigenvalue weighted by atomic mass is 32.2. The number of nitrogens with one attached hydrogen (secondary N) is 1. The van der Waals surface area contributed by atoms with E-state index in [4.69, 9.17) is 19.9 Å². The van der Waals surface area contributed by atoms with Gasteiger partial charge in [0.2, 0.25) is 22.2 Å². The van der Waals surface area contributed by atoms with Crippen molar-refractivity contribution in [3.8, 4) is 5.75 Å². The van der Waals surface area contributed by atoms with E-state index in [-0.39, 0.29) is 30.0 Å². The van der Waals surface area contributed by atoms with Crippen LogP contribution in [0.3, 0.4) is 0 Å². The molecule has 1 saturated heterocycles. The number of nitrogens with zero attached hydrogens (tertiary/aromatic N) is 1. The van der Waals surface area contributed by atoms with Crippen LogP contribution in [0.15, 0.2) is 83.8 Å². The molecule has 0 bridgehead atoms. The van der Waals surface area contributed by atoms with Gasteiger partial charge in [-0.25, -0.2) is 18.0 Å². The number of rotatable bonds is 13. The second-order valence-corrected chi connectivity index (χ2v) is 13.0. The first-order chi connectivity index (χ1) is 21.7. The van der Waals surface area contributed by atoms with Crippen LogP contribution in [0.5, 0.6) is 5.75 Å². The molecule has 0 spiro atoms. The van der Waals surface area contributed by atoms with Crippen LogP contribution in [-0.2, 0) is 41.1 Å². The molecule has 14 heteroatoms. The summed E-state index contributed by atoms with van der Waals surface area (Å²) in [5.74, 6) is -2.72. The summed E-state index contributed by atoms with van der Waals surface area (Å²) in [6, 6.07) is 19.7. The number of sulfonamides is 1. The van der Waals surface area contributed by atoms with Gasteiger partial charge in [-0.2, -0.15) is 4.31 Å². The van der Waals surface area contributed by atoms with Crippen LogP contribution in [0.25, 0.3) is 0 Å². The molecule has 1 fully saturated rings. The molecule has 3 aromatic rings. The number of carboxylic acids is 1. The Kier molecular flexibility index (Phi) is 10.3. The summed E-state index contributed by atoms with van der Waals surface area (Å²) < 4.78 is 44.9. The van der Waals surface area contributed by atoms with Gasteiger partial charge in [-0.05, 0) is 41.5 Å². The fraction of sp³-hybridized carbons (Fsp3) is 0.312. The number of carboxylic acid groups (broad SMARTS) is 1. The zero-order chi connectivity index (χ0) is 33.6. The minimum atomic E-state index is -4.06. The summed E-state index contributed by atoms with van der Waals surface area (Å²) in [6.07, 6.45) is -2.64. The number of hydrogen-bond donors (Lipinski definition) is 3.